The lowest BCUT2D eigenvalue weighted by Crippen LogP contribution is -2.37. The minimum absolute atomic E-state index is 0.149. The number of imidazole rings is 1. The summed E-state index contributed by atoms with van der Waals surface area (Å²) in [5, 5.41) is 23.2. The molecule has 3 heterocycles. The molecule has 4 rings (SSSR count). The Morgan fingerprint density at radius 2 is 2.03 bits per heavy atom. The summed E-state index contributed by atoms with van der Waals surface area (Å²) in [5.41, 5.74) is 6.48. The van der Waals surface area contributed by atoms with Gasteiger partial charge in [-0.2, -0.15) is 10.3 Å². The molecule has 1 aromatic carbocycles. The van der Waals surface area contributed by atoms with Crippen LogP contribution in [0, 0.1) is 17.2 Å². The molecule has 3 aromatic rings. The highest BCUT2D eigenvalue weighted by Crippen LogP contribution is 2.46. The summed E-state index contributed by atoms with van der Waals surface area (Å²) in [5.74, 6) is -1.33. The smallest absolute Gasteiger partial charge is 0.459 e. The van der Waals surface area contributed by atoms with Gasteiger partial charge in [-0.25, -0.2) is 19.5 Å². The lowest BCUT2D eigenvalue weighted by Gasteiger charge is -2.25. The van der Waals surface area contributed by atoms with Gasteiger partial charge in [0.1, 0.15) is 41.8 Å². The van der Waals surface area contributed by atoms with Gasteiger partial charge in [-0.15, -0.1) is 0 Å². The van der Waals surface area contributed by atoms with Crippen molar-refractivity contribution < 1.29 is 33.0 Å². The molecule has 2 aromatic heterocycles. The molecule has 4 N–H and O–H groups in total. The number of nitriles is 1. The number of fused-ring (bicyclic) bond motifs is 1. The number of aliphatic hydroxyl groups is 1. The largest absolute Gasteiger partial charge is 0.462 e. The maximum Gasteiger partial charge on any atom is 0.459 e. The molecule has 202 valence electrons. The number of carbonyl (C=O) groups is 1. The number of anilines is 1. The van der Waals surface area contributed by atoms with Gasteiger partial charge < -0.3 is 24.8 Å². The number of ether oxygens (including phenoxy) is 2. The first kappa shape index (κ1) is 27.4. The van der Waals surface area contributed by atoms with Crippen molar-refractivity contribution in [1.82, 2.24) is 24.6 Å². The summed E-state index contributed by atoms with van der Waals surface area (Å²) in [7, 11) is -4.21. The summed E-state index contributed by atoms with van der Waals surface area (Å²) < 4.78 is 37.5. The van der Waals surface area contributed by atoms with Crippen LogP contribution in [-0.4, -0.2) is 61.6 Å². The number of esters is 1. The zero-order chi connectivity index (χ0) is 27.4. The van der Waals surface area contributed by atoms with Crippen LogP contribution in [0.1, 0.15) is 27.0 Å². The fraction of sp³-hybridized carbons (Fsp3) is 0.435. The molecule has 38 heavy (non-hydrogen) atoms. The van der Waals surface area contributed by atoms with Crippen LogP contribution in [-0.2, 0) is 23.4 Å². The Balaban J connectivity index is 1.53. The minimum atomic E-state index is -4.21. The third kappa shape index (κ3) is 5.93. The van der Waals surface area contributed by atoms with Crippen molar-refractivity contribution in [1.29, 1.82) is 5.26 Å². The van der Waals surface area contributed by atoms with Gasteiger partial charge in [-0.1, -0.05) is 18.2 Å². The number of nitrogen functional groups attached to an aromatic ring is 1. The molecule has 0 bridgehead atoms. The van der Waals surface area contributed by atoms with E-state index >= 15 is 0 Å². The number of nitrogens with two attached hydrogens (primary N) is 1. The second-order valence-corrected chi connectivity index (χ2v) is 10.5. The number of hydrogen-bond acceptors (Lipinski definition) is 12. The highest BCUT2D eigenvalue weighted by atomic mass is 31.2. The Morgan fingerprint density at radius 1 is 1.29 bits per heavy atom. The molecule has 0 amide bonds. The van der Waals surface area contributed by atoms with E-state index in [1.807, 2.05) is 6.07 Å². The molecule has 1 aliphatic rings. The molecule has 0 aliphatic carbocycles. The van der Waals surface area contributed by atoms with Crippen LogP contribution in [0.5, 0.6) is 5.75 Å². The van der Waals surface area contributed by atoms with Crippen molar-refractivity contribution in [3.63, 3.8) is 0 Å². The molecule has 14 nitrogen and oxygen atoms in total. The molecular formula is C23H28N7O7P. The number of nitrogens with zero attached hydrogens (tertiary/aromatic N) is 5. The van der Waals surface area contributed by atoms with Gasteiger partial charge in [-0.05, 0) is 32.9 Å². The standard InChI is InChI=1S/C23H28N7O7P/c1-13(2)35-23(32)14(3)29-38(33,37-15-7-5-4-6-8-15)34-10-17-19(31)16(9-24)22(36-17)30-12-28-18-20(25)26-11-27-21(18)30/h4-8,11-14,16-17,19,22,31H,10H2,1-3H3,(H,29,33)(H2,25,26,27)/t14-,16-,17-,19+,22-,38?/m1/s1. The van der Waals surface area contributed by atoms with E-state index in [2.05, 4.69) is 20.0 Å². The fourth-order valence-corrected chi connectivity index (χ4v) is 5.33. The van der Waals surface area contributed by atoms with Gasteiger partial charge in [0.05, 0.1) is 25.1 Å². The summed E-state index contributed by atoms with van der Waals surface area (Å²) in [4.78, 5) is 24.6. The van der Waals surface area contributed by atoms with Crippen LogP contribution < -0.4 is 15.3 Å². The van der Waals surface area contributed by atoms with Gasteiger partial charge in [0.25, 0.3) is 0 Å². The number of aromatic nitrogens is 4. The quantitative estimate of drug-likeness (QED) is 0.247. The number of nitrogens with one attached hydrogen (secondary N) is 1. The number of carbonyl (C=O) groups excluding carboxylic acids is 1. The average molecular weight is 545 g/mol. The number of para-hydroxylation sites is 1. The van der Waals surface area contributed by atoms with Gasteiger partial charge in [-0.3, -0.25) is 13.9 Å². The molecule has 1 unspecified atom stereocenters. The number of hydrogen-bond donors (Lipinski definition) is 3. The maximum atomic E-state index is 13.7. The van der Waals surface area contributed by atoms with E-state index in [0.717, 1.165) is 0 Å². The van der Waals surface area contributed by atoms with Crippen LogP contribution in [0.25, 0.3) is 11.2 Å². The van der Waals surface area contributed by atoms with Crippen molar-refractivity contribution >= 4 is 30.7 Å². The molecule has 15 heteroatoms. The highest BCUT2D eigenvalue weighted by molar-refractivity contribution is 7.52. The highest BCUT2D eigenvalue weighted by Gasteiger charge is 2.47. The van der Waals surface area contributed by atoms with Gasteiger partial charge >= 0.3 is 13.7 Å². The van der Waals surface area contributed by atoms with Crippen molar-refractivity contribution in [3.05, 3.63) is 43.0 Å². The van der Waals surface area contributed by atoms with E-state index in [-0.39, 0.29) is 17.7 Å². The summed E-state index contributed by atoms with van der Waals surface area (Å²) in [6, 6.07) is 9.21. The number of aliphatic hydroxyl groups excluding tert-OH is 1. The topological polar surface area (TPSA) is 197 Å². The van der Waals surface area contributed by atoms with Gasteiger partial charge in [0.15, 0.2) is 17.7 Å². The molecule has 1 fully saturated rings. The van der Waals surface area contributed by atoms with Crippen molar-refractivity contribution in [2.45, 2.75) is 51.4 Å². The second kappa shape index (κ2) is 11.4. The predicted molar refractivity (Wildman–Crippen MR) is 133 cm³/mol. The normalized spacial score (nSPS) is 23.6. The summed E-state index contributed by atoms with van der Waals surface area (Å²) >= 11 is 0. The fourth-order valence-electron chi connectivity index (χ4n) is 3.82. The van der Waals surface area contributed by atoms with Gasteiger partial charge in [0.2, 0.25) is 0 Å². The zero-order valence-electron chi connectivity index (χ0n) is 20.9. The van der Waals surface area contributed by atoms with Gasteiger partial charge in [0, 0.05) is 0 Å². The maximum absolute atomic E-state index is 13.7. The second-order valence-electron chi connectivity index (χ2n) is 8.83. The molecule has 6 atom stereocenters. The third-order valence-corrected chi connectivity index (χ3v) is 7.26. The van der Waals surface area contributed by atoms with E-state index in [1.165, 1.54) is 24.1 Å². The lowest BCUT2D eigenvalue weighted by molar-refractivity contribution is -0.149. The van der Waals surface area contributed by atoms with E-state index in [4.69, 9.17) is 24.3 Å². The third-order valence-electron chi connectivity index (χ3n) is 5.62. The molecule has 0 saturated carbocycles. The van der Waals surface area contributed by atoms with Crippen LogP contribution in [0.4, 0.5) is 5.82 Å². The van der Waals surface area contributed by atoms with Crippen molar-refractivity contribution in [2.24, 2.45) is 5.92 Å². The predicted octanol–water partition coefficient (Wildman–Crippen LogP) is 1.94. The summed E-state index contributed by atoms with van der Waals surface area (Å²) in [6.07, 6.45) is -1.16. The zero-order valence-corrected chi connectivity index (χ0v) is 21.8. The Morgan fingerprint density at radius 3 is 2.71 bits per heavy atom. The Hall–Kier alpha value is -3.60. The van der Waals surface area contributed by atoms with Crippen molar-refractivity contribution in [3.8, 4) is 11.8 Å². The summed E-state index contributed by atoms with van der Waals surface area (Å²) in [6.45, 7) is 4.38. The van der Waals surface area contributed by atoms with Crippen LogP contribution in [0.2, 0.25) is 0 Å². The molecule has 0 radical (unpaired) electrons. The SMILES string of the molecule is CC(C)OC(=O)[C@@H](C)NP(=O)(OC[C@H]1O[C@@H](n2cnc3c(N)ncnc32)[C@H](C#N)[C@@H]1O)Oc1ccccc1. The number of benzene rings is 1. The van der Waals surface area contributed by atoms with E-state index < -0.39 is 50.7 Å². The van der Waals surface area contributed by atoms with E-state index in [9.17, 15) is 19.7 Å². The average Bonchev–Trinajstić information content (AvgIpc) is 3.44. The van der Waals surface area contributed by atoms with Crippen LogP contribution >= 0.6 is 7.75 Å². The van der Waals surface area contributed by atoms with Crippen molar-refractivity contribution in [2.75, 3.05) is 12.3 Å². The first-order valence-electron chi connectivity index (χ1n) is 11.8. The monoisotopic (exact) mass is 545 g/mol. The van der Waals surface area contributed by atoms with E-state index in [1.54, 1.807) is 44.2 Å². The Kier molecular flexibility index (Phi) is 8.25. The molecule has 1 saturated heterocycles. The molecule has 0 spiro atoms. The Bertz CT molecular complexity index is 1360. The Labute approximate surface area is 218 Å². The number of rotatable bonds is 10. The van der Waals surface area contributed by atoms with Crippen LogP contribution in [0.3, 0.4) is 0 Å². The van der Waals surface area contributed by atoms with Crippen LogP contribution in [0.15, 0.2) is 43.0 Å². The molecule has 1 aliphatic heterocycles. The first-order valence-corrected chi connectivity index (χ1v) is 13.3. The lowest BCUT2D eigenvalue weighted by atomic mass is 10.0. The first-order chi connectivity index (χ1) is 18.1. The molecular weight excluding hydrogens is 517 g/mol. The minimum Gasteiger partial charge on any atom is -0.462 e. The van der Waals surface area contributed by atoms with E-state index in [0.29, 0.717) is 11.2 Å².